The predicted molar refractivity (Wildman–Crippen MR) is 124 cm³/mol. The number of hydrogen-bond acceptors (Lipinski definition) is 4. The van der Waals surface area contributed by atoms with Gasteiger partial charge in [-0.2, -0.15) is 0 Å². The maximum Gasteiger partial charge on any atom is 0.265 e. The van der Waals surface area contributed by atoms with E-state index in [1.54, 1.807) is 41.3 Å². The number of rotatable bonds is 6. The summed E-state index contributed by atoms with van der Waals surface area (Å²) in [7, 11) is -3.72. The van der Waals surface area contributed by atoms with Crippen LogP contribution in [0, 0.1) is 0 Å². The Balaban J connectivity index is 1.40. The number of para-hydroxylation sites is 1. The van der Waals surface area contributed by atoms with Crippen LogP contribution in [0.3, 0.4) is 0 Å². The van der Waals surface area contributed by atoms with Gasteiger partial charge < -0.3 is 9.64 Å². The summed E-state index contributed by atoms with van der Waals surface area (Å²) in [6.45, 7) is 1.89. The number of halogens is 1. The molecule has 6 nitrogen and oxygen atoms in total. The van der Waals surface area contributed by atoms with Crippen molar-refractivity contribution in [3.8, 4) is 5.75 Å². The van der Waals surface area contributed by atoms with Crippen LogP contribution in [0.15, 0.2) is 82.2 Å². The minimum absolute atomic E-state index is 0.0747. The van der Waals surface area contributed by atoms with Gasteiger partial charge in [0.2, 0.25) is 0 Å². The van der Waals surface area contributed by atoms with E-state index in [0.717, 1.165) is 22.1 Å². The van der Waals surface area contributed by atoms with Crippen LogP contribution in [0.5, 0.6) is 5.75 Å². The molecule has 1 amide bonds. The first-order valence-corrected chi connectivity index (χ1v) is 12.0. The van der Waals surface area contributed by atoms with Crippen LogP contribution < -0.4 is 14.4 Å². The smallest absolute Gasteiger partial charge is 0.265 e. The van der Waals surface area contributed by atoms with Gasteiger partial charge in [-0.3, -0.25) is 9.52 Å². The van der Waals surface area contributed by atoms with Gasteiger partial charge in [-0.05, 0) is 73.5 Å². The van der Waals surface area contributed by atoms with Crippen molar-refractivity contribution in [2.24, 2.45) is 0 Å². The number of benzene rings is 3. The Morgan fingerprint density at radius 2 is 1.74 bits per heavy atom. The van der Waals surface area contributed by atoms with Crippen molar-refractivity contribution in [3.63, 3.8) is 0 Å². The molecule has 1 atom stereocenters. The summed E-state index contributed by atoms with van der Waals surface area (Å²) in [5, 5.41) is 0. The van der Waals surface area contributed by atoms with Crippen LogP contribution in [-0.4, -0.2) is 27.0 Å². The minimum Gasteiger partial charge on any atom is -0.484 e. The van der Waals surface area contributed by atoms with E-state index in [1.165, 1.54) is 12.1 Å². The highest BCUT2D eigenvalue weighted by Gasteiger charge is 2.30. The molecule has 0 bridgehead atoms. The molecule has 0 unspecified atom stereocenters. The zero-order valence-corrected chi connectivity index (χ0v) is 19.2. The molecule has 1 aliphatic heterocycles. The number of nitrogens with zero attached hydrogens (tertiary/aromatic N) is 1. The van der Waals surface area contributed by atoms with Crippen molar-refractivity contribution in [1.82, 2.24) is 0 Å². The zero-order valence-electron chi connectivity index (χ0n) is 16.8. The third-order valence-corrected chi connectivity index (χ3v) is 6.99. The maximum absolute atomic E-state index is 12.7. The molecule has 0 spiro atoms. The quantitative estimate of drug-likeness (QED) is 0.536. The number of sulfonamides is 1. The third-order valence-electron chi connectivity index (χ3n) is 5.07. The number of carbonyl (C=O) groups is 1. The third kappa shape index (κ3) is 4.75. The van der Waals surface area contributed by atoms with E-state index in [2.05, 4.69) is 20.7 Å². The summed E-state index contributed by atoms with van der Waals surface area (Å²) >= 11 is 3.32. The molecule has 0 saturated carbocycles. The van der Waals surface area contributed by atoms with Crippen LogP contribution in [0.2, 0.25) is 0 Å². The second-order valence-electron chi connectivity index (χ2n) is 7.32. The molecule has 1 aliphatic rings. The normalized spacial score (nSPS) is 15.4. The van der Waals surface area contributed by atoms with Crippen molar-refractivity contribution < 1.29 is 17.9 Å². The molecule has 3 aromatic rings. The molecule has 0 saturated heterocycles. The van der Waals surface area contributed by atoms with Gasteiger partial charge in [0.1, 0.15) is 5.75 Å². The number of carbonyl (C=O) groups excluding carboxylic acids is 1. The summed E-state index contributed by atoms with van der Waals surface area (Å²) in [6.07, 6.45) is 0.819. The van der Waals surface area contributed by atoms with E-state index < -0.39 is 10.0 Å². The lowest BCUT2D eigenvalue weighted by molar-refractivity contribution is -0.120. The minimum atomic E-state index is -3.72. The van der Waals surface area contributed by atoms with Crippen molar-refractivity contribution in [3.05, 3.63) is 82.8 Å². The summed E-state index contributed by atoms with van der Waals surface area (Å²) in [5.41, 5.74) is 2.54. The summed E-state index contributed by atoms with van der Waals surface area (Å²) < 4.78 is 34.2. The van der Waals surface area contributed by atoms with Crippen LogP contribution in [0.1, 0.15) is 12.5 Å². The second-order valence-corrected chi connectivity index (χ2v) is 9.92. The molecule has 1 heterocycles. The summed E-state index contributed by atoms with van der Waals surface area (Å²) in [5.74, 6) is 0.294. The Morgan fingerprint density at radius 3 is 2.45 bits per heavy atom. The number of fused-ring (bicyclic) bond motifs is 1. The van der Waals surface area contributed by atoms with Crippen molar-refractivity contribution >= 4 is 43.2 Å². The summed E-state index contributed by atoms with van der Waals surface area (Å²) in [6, 6.07) is 20.8. The topological polar surface area (TPSA) is 75.7 Å². The number of hydrogen-bond donors (Lipinski definition) is 1. The lowest BCUT2D eigenvalue weighted by Gasteiger charge is -2.22. The Morgan fingerprint density at radius 1 is 1.06 bits per heavy atom. The molecular weight excluding hydrogens is 480 g/mol. The van der Waals surface area contributed by atoms with Crippen molar-refractivity contribution in [2.45, 2.75) is 24.3 Å². The molecule has 31 heavy (non-hydrogen) atoms. The molecule has 0 aromatic heterocycles. The van der Waals surface area contributed by atoms with E-state index in [1.807, 2.05) is 31.2 Å². The van der Waals surface area contributed by atoms with Gasteiger partial charge in [0.05, 0.1) is 4.90 Å². The number of ether oxygens (including phenoxy) is 1. The van der Waals surface area contributed by atoms with Crippen LogP contribution in [0.25, 0.3) is 0 Å². The monoisotopic (exact) mass is 500 g/mol. The SMILES string of the molecule is C[C@@H]1Cc2ccccc2N1C(=O)COc1ccc(S(=O)(=O)Nc2ccc(Br)cc2)cc1. The molecule has 0 radical (unpaired) electrons. The molecule has 0 fully saturated rings. The lowest BCUT2D eigenvalue weighted by Crippen LogP contribution is -2.39. The Labute approximate surface area is 190 Å². The molecule has 8 heteroatoms. The first-order chi connectivity index (χ1) is 14.8. The Hall–Kier alpha value is -2.84. The van der Waals surface area contributed by atoms with Crippen LogP contribution in [-0.2, 0) is 21.2 Å². The zero-order chi connectivity index (χ0) is 22.0. The Bertz CT molecular complexity index is 1200. The largest absolute Gasteiger partial charge is 0.484 e. The molecule has 3 aromatic carbocycles. The van der Waals surface area contributed by atoms with E-state index >= 15 is 0 Å². The fraction of sp³-hybridized carbons (Fsp3) is 0.174. The standard InChI is InChI=1S/C23H21BrN2O4S/c1-16-14-17-4-2-3-5-22(17)26(16)23(27)15-30-20-10-12-21(13-11-20)31(28,29)25-19-8-6-18(24)7-9-19/h2-13,16,25H,14-15H2,1H3/t16-/m1/s1. The number of nitrogens with one attached hydrogen (secondary N) is 1. The first-order valence-electron chi connectivity index (χ1n) is 9.75. The van der Waals surface area contributed by atoms with Gasteiger partial charge in [0.15, 0.2) is 6.61 Å². The highest BCUT2D eigenvalue weighted by molar-refractivity contribution is 9.10. The summed E-state index contributed by atoms with van der Waals surface area (Å²) in [4.78, 5) is 14.6. The van der Waals surface area contributed by atoms with Crippen molar-refractivity contribution in [2.75, 3.05) is 16.2 Å². The number of anilines is 2. The highest BCUT2D eigenvalue weighted by atomic mass is 79.9. The fourth-order valence-corrected chi connectivity index (χ4v) is 4.93. The van der Waals surface area contributed by atoms with Crippen molar-refractivity contribution in [1.29, 1.82) is 0 Å². The average Bonchev–Trinajstić information content (AvgIpc) is 3.09. The van der Waals surface area contributed by atoms with E-state index in [-0.39, 0.29) is 23.5 Å². The molecule has 0 aliphatic carbocycles. The van der Waals surface area contributed by atoms with Crippen LogP contribution in [0.4, 0.5) is 11.4 Å². The average molecular weight is 501 g/mol. The predicted octanol–water partition coefficient (Wildman–Crippen LogP) is 4.61. The maximum atomic E-state index is 12.7. The number of amides is 1. The van der Waals surface area contributed by atoms with Gasteiger partial charge in [0.25, 0.3) is 15.9 Å². The highest BCUT2D eigenvalue weighted by Crippen LogP contribution is 2.32. The van der Waals surface area contributed by atoms with Gasteiger partial charge in [-0.15, -0.1) is 0 Å². The van der Waals surface area contributed by atoms with E-state index in [0.29, 0.717) is 11.4 Å². The molecule has 4 rings (SSSR count). The molecule has 1 N–H and O–H groups in total. The Kier molecular flexibility index (Phi) is 6.02. The molecular formula is C23H21BrN2O4S. The van der Waals surface area contributed by atoms with Gasteiger partial charge in [-0.25, -0.2) is 8.42 Å². The van der Waals surface area contributed by atoms with Gasteiger partial charge in [0, 0.05) is 21.9 Å². The molecule has 160 valence electrons. The first kappa shape index (κ1) is 21.4. The van der Waals surface area contributed by atoms with E-state index in [9.17, 15) is 13.2 Å². The van der Waals surface area contributed by atoms with E-state index in [4.69, 9.17) is 4.74 Å². The van der Waals surface area contributed by atoms with Gasteiger partial charge >= 0.3 is 0 Å². The lowest BCUT2D eigenvalue weighted by atomic mass is 10.1. The van der Waals surface area contributed by atoms with Gasteiger partial charge in [-0.1, -0.05) is 34.1 Å². The second kappa shape index (κ2) is 8.72. The fourth-order valence-electron chi connectivity index (χ4n) is 3.61. The van der Waals surface area contributed by atoms with Crippen LogP contribution >= 0.6 is 15.9 Å².